The molecule has 0 amide bonds. The average Bonchev–Trinajstić information content (AvgIpc) is 3.16. The molecule has 170 valence electrons. The minimum absolute atomic E-state index is 0.178. The zero-order chi connectivity index (χ0) is 23.5. The first kappa shape index (κ1) is 22.6. The quantitative estimate of drug-likeness (QED) is 0.418. The van der Waals surface area contributed by atoms with Gasteiger partial charge in [-0.15, -0.1) is 11.3 Å². The van der Waals surface area contributed by atoms with E-state index in [1.807, 2.05) is 24.1 Å². The number of benzene rings is 2. The summed E-state index contributed by atoms with van der Waals surface area (Å²) in [6.07, 6.45) is -0.215. The molecule has 0 aliphatic carbocycles. The van der Waals surface area contributed by atoms with Crippen LogP contribution in [0.1, 0.15) is 26.6 Å². The maximum absolute atomic E-state index is 12.9. The molecule has 0 radical (unpaired) electrons. The Morgan fingerprint density at radius 1 is 1.06 bits per heavy atom. The van der Waals surface area contributed by atoms with E-state index in [-0.39, 0.29) is 22.2 Å². The van der Waals surface area contributed by atoms with Crippen LogP contribution >= 0.6 is 11.3 Å². The molecule has 0 spiro atoms. The fraction of sp³-hybridized carbons (Fsp3) is 0.250. The highest BCUT2D eigenvalue weighted by molar-refractivity contribution is 7.20. The second-order valence-electron chi connectivity index (χ2n) is 7.70. The smallest absolute Gasteiger partial charge is 0.348 e. The highest BCUT2D eigenvalue weighted by Gasteiger charge is 2.24. The van der Waals surface area contributed by atoms with Crippen LogP contribution < -0.4 is 5.56 Å². The number of nitrogens with one attached hydrogen (secondary N) is 1. The predicted octanol–water partition coefficient (Wildman–Crippen LogP) is 3.27. The Hall–Kier alpha value is -3.56. The Bertz CT molecular complexity index is 1410. The monoisotopic (exact) mass is 465 g/mol. The molecule has 0 saturated heterocycles. The number of methoxy groups -OCH3 is 2. The maximum Gasteiger partial charge on any atom is 0.348 e. The van der Waals surface area contributed by atoms with Crippen molar-refractivity contribution < 1.29 is 19.1 Å². The molecule has 8 nitrogen and oxygen atoms in total. The SMILES string of the molecule is COC(=O)Cc1c(C(=O)OC)sc2nc(CN(C)Cc3ccc4ccccc4c3)[nH]c(=O)c12. The van der Waals surface area contributed by atoms with E-state index in [9.17, 15) is 14.4 Å². The standard InChI is InChI=1S/C24H23N3O5S/c1-27(12-14-8-9-15-6-4-5-7-16(15)10-14)13-18-25-22(29)20-17(11-19(28)31-2)21(24(30)32-3)33-23(20)26-18/h4-10H,11-13H2,1-3H3,(H,25,26,29). The zero-order valence-electron chi connectivity index (χ0n) is 18.5. The summed E-state index contributed by atoms with van der Waals surface area (Å²) in [6, 6.07) is 14.5. The zero-order valence-corrected chi connectivity index (χ0v) is 19.3. The van der Waals surface area contributed by atoms with E-state index in [2.05, 4.69) is 40.3 Å². The molecule has 33 heavy (non-hydrogen) atoms. The number of esters is 2. The number of carbonyl (C=O) groups excluding carboxylic acids is 2. The van der Waals surface area contributed by atoms with Gasteiger partial charge in [-0.25, -0.2) is 9.78 Å². The van der Waals surface area contributed by atoms with Crippen molar-refractivity contribution in [1.29, 1.82) is 0 Å². The lowest BCUT2D eigenvalue weighted by Gasteiger charge is -2.16. The topological polar surface area (TPSA) is 102 Å². The summed E-state index contributed by atoms with van der Waals surface area (Å²) >= 11 is 1.04. The van der Waals surface area contributed by atoms with Crippen molar-refractivity contribution in [3.63, 3.8) is 0 Å². The Kier molecular flexibility index (Phi) is 6.52. The van der Waals surface area contributed by atoms with Crippen LogP contribution in [0.5, 0.6) is 0 Å². The summed E-state index contributed by atoms with van der Waals surface area (Å²) in [5.74, 6) is -0.706. The van der Waals surface area contributed by atoms with Crippen molar-refractivity contribution in [2.75, 3.05) is 21.3 Å². The summed E-state index contributed by atoms with van der Waals surface area (Å²) in [5.41, 5.74) is 1.02. The van der Waals surface area contributed by atoms with Crippen LogP contribution in [0.25, 0.3) is 21.0 Å². The van der Waals surface area contributed by atoms with Crippen molar-refractivity contribution in [2.24, 2.45) is 0 Å². The van der Waals surface area contributed by atoms with E-state index in [4.69, 9.17) is 9.47 Å². The van der Waals surface area contributed by atoms with E-state index in [0.717, 1.165) is 16.9 Å². The number of ether oxygens (including phenoxy) is 2. The number of rotatable bonds is 7. The number of fused-ring (bicyclic) bond motifs is 2. The van der Waals surface area contributed by atoms with Crippen molar-refractivity contribution in [1.82, 2.24) is 14.9 Å². The number of carbonyl (C=O) groups is 2. The molecule has 0 atom stereocenters. The Balaban J connectivity index is 1.61. The van der Waals surface area contributed by atoms with E-state index >= 15 is 0 Å². The lowest BCUT2D eigenvalue weighted by atomic mass is 10.1. The van der Waals surface area contributed by atoms with Gasteiger partial charge in [0.05, 0.1) is 32.6 Å². The van der Waals surface area contributed by atoms with E-state index in [1.165, 1.54) is 25.0 Å². The highest BCUT2D eigenvalue weighted by atomic mass is 32.1. The number of aromatic amines is 1. The minimum atomic E-state index is -0.619. The van der Waals surface area contributed by atoms with Crippen LogP contribution in [0.3, 0.4) is 0 Å². The summed E-state index contributed by atoms with van der Waals surface area (Å²) in [5, 5.41) is 2.57. The number of nitrogens with zero attached hydrogens (tertiary/aromatic N) is 2. The second kappa shape index (κ2) is 9.51. The van der Waals surface area contributed by atoms with Gasteiger partial charge in [-0.2, -0.15) is 0 Å². The molecular formula is C24H23N3O5S. The molecule has 0 bridgehead atoms. The van der Waals surface area contributed by atoms with E-state index in [1.54, 1.807) is 0 Å². The van der Waals surface area contributed by atoms with Crippen LogP contribution in [0.2, 0.25) is 0 Å². The fourth-order valence-electron chi connectivity index (χ4n) is 3.79. The first-order valence-electron chi connectivity index (χ1n) is 10.3. The summed E-state index contributed by atoms with van der Waals surface area (Å²) in [4.78, 5) is 46.9. The molecule has 0 saturated carbocycles. The summed E-state index contributed by atoms with van der Waals surface area (Å²) < 4.78 is 9.54. The number of H-pyrrole nitrogens is 1. The van der Waals surface area contributed by atoms with Crippen LogP contribution in [0.15, 0.2) is 47.3 Å². The second-order valence-corrected chi connectivity index (χ2v) is 8.70. The largest absolute Gasteiger partial charge is 0.469 e. The van der Waals surface area contributed by atoms with Gasteiger partial charge in [-0.1, -0.05) is 36.4 Å². The molecule has 0 unspecified atom stereocenters. The lowest BCUT2D eigenvalue weighted by molar-refractivity contribution is -0.139. The lowest BCUT2D eigenvalue weighted by Crippen LogP contribution is -2.22. The summed E-state index contributed by atoms with van der Waals surface area (Å²) in [7, 11) is 4.44. The van der Waals surface area contributed by atoms with Crippen LogP contribution in [0.4, 0.5) is 0 Å². The van der Waals surface area contributed by atoms with Gasteiger partial charge in [-0.05, 0) is 29.4 Å². The number of thiophene rings is 1. The molecular weight excluding hydrogens is 442 g/mol. The van der Waals surface area contributed by atoms with Gasteiger partial charge in [0.15, 0.2) is 0 Å². The Labute approximate surface area is 193 Å². The van der Waals surface area contributed by atoms with Gasteiger partial charge in [0.2, 0.25) is 0 Å². The molecule has 2 aromatic carbocycles. The normalized spacial score (nSPS) is 11.3. The van der Waals surface area contributed by atoms with E-state index < -0.39 is 17.5 Å². The summed E-state index contributed by atoms with van der Waals surface area (Å²) in [6.45, 7) is 1.06. The van der Waals surface area contributed by atoms with Gasteiger partial charge >= 0.3 is 11.9 Å². The third-order valence-electron chi connectivity index (χ3n) is 5.32. The maximum atomic E-state index is 12.9. The predicted molar refractivity (Wildman–Crippen MR) is 126 cm³/mol. The molecule has 2 heterocycles. The number of aromatic nitrogens is 2. The first-order valence-corrected chi connectivity index (χ1v) is 11.1. The van der Waals surface area contributed by atoms with Gasteiger partial charge in [-0.3, -0.25) is 14.5 Å². The van der Waals surface area contributed by atoms with Crippen LogP contribution in [0, 0.1) is 0 Å². The molecule has 1 N–H and O–H groups in total. The third-order valence-corrected chi connectivity index (χ3v) is 6.42. The number of hydrogen-bond donors (Lipinski definition) is 1. The highest BCUT2D eigenvalue weighted by Crippen LogP contribution is 2.29. The van der Waals surface area contributed by atoms with Crippen molar-refractivity contribution in [2.45, 2.75) is 19.5 Å². The minimum Gasteiger partial charge on any atom is -0.469 e. The van der Waals surface area contributed by atoms with Crippen molar-refractivity contribution in [3.8, 4) is 0 Å². The third kappa shape index (κ3) is 4.79. The first-order chi connectivity index (χ1) is 15.9. The molecule has 0 aliphatic rings. The Morgan fingerprint density at radius 3 is 2.55 bits per heavy atom. The molecule has 4 rings (SSSR count). The van der Waals surface area contributed by atoms with Crippen LogP contribution in [-0.4, -0.2) is 48.1 Å². The fourth-order valence-corrected chi connectivity index (χ4v) is 4.92. The molecule has 9 heteroatoms. The Morgan fingerprint density at radius 2 is 1.82 bits per heavy atom. The van der Waals surface area contributed by atoms with E-state index in [0.29, 0.717) is 23.7 Å². The molecule has 0 fully saturated rings. The number of hydrogen-bond acceptors (Lipinski definition) is 8. The molecule has 4 aromatic rings. The van der Waals surface area contributed by atoms with Gasteiger partial charge < -0.3 is 14.5 Å². The molecule has 0 aliphatic heterocycles. The van der Waals surface area contributed by atoms with Gasteiger partial charge in [0.1, 0.15) is 15.5 Å². The molecule has 2 aromatic heterocycles. The van der Waals surface area contributed by atoms with Crippen molar-refractivity contribution >= 4 is 44.3 Å². The van der Waals surface area contributed by atoms with Crippen LogP contribution in [-0.2, 0) is 33.8 Å². The van der Waals surface area contributed by atoms with Gasteiger partial charge in [0, 0.05) is 12.1 Å². The average molecular weight is 466 g/mol. The van der Waals surface area contributed by atoms with Crippen molar-refractivity contribution in [3.05, 3.63) is 74.6 Å². The van der Waals surface area contributed by atoms with Gasteiger partial charge in [0.25, 0.3) is 5.56 Å².